The molecule has 9 heteroatoms. The summed E-state index contributed by atoms with van der Waals surface area (Å²) in [5.74, 6) is 0.943. The summed E-state index contributed by atoms with van der Waals surface area (Å²) >= 11 is 0. The van der Waals surface area contributed by atoms with Gasteiger partial charge in [-0.25, -0.2) is 10.2 Å². The normalized spacial score (nSPS) is 10.7. The quantitative estimate of drug-likeness (QED) is 0.293. The molecule has 0 amide bonds. The van der Waals surface area contributed by atoms with E-state index in [0.29, 0.717) is 17.1 Å². The fourth-order valence-corrected chi connectivity index (χ4v) is 1.96. The van der Waals surface area contributed by atoms with E-state index >= 15 is 0 Å². The number of esters is 1. The van der Waals surface area contributed by atoms with Crippen molar-refractivity contribution in [2.24, 2.45) is 5.10 Å². The standard InChI is InChI=1S/C16H14N6O3/c1-2-8-24-15(23)12-5-3-4-11(9-12)14-7-6-13(25-14)10-17-18-16-19-21-22-20-16/h2-7,9-10H,1,8H2,(H2,18,19,20,21,22)/b17-10+. The molecule has 0 aliphatic rings. The zero-order valence-corrected chi connectivity index (χ0v) is 13.0. The Balaban J connectivity index is 1.70. The third-order valence-corrected chi connectivity index (χ3v) is 3.04. The van der Waals surface area contributed by atoms with Crippen molar-refractivity contribution in [3.8, 4) is 11.3 Å². The van der Waals surface area contributed by atoms with Gasteiger partial charge in [-0.3, -0.25) is 0 Å². The average Bonchev–Trinajstić information content (AvgIpc) is 3.32. The molecular formula is C16H14N6O3. The first-order valence-corrected chi connectivity index (χ1v) is 7.27. The molecule has 1 aromatic carbocycles. The number of carbonyl (C=O) groups is 1. The molecule has 3 aromatic rings. The highest BCUT2D eigenvalue weighted by Crippen LogP contribution is 2.23. The van der Waals surface area contributed by atoms with Crippen molar-refractivity contribution in [3.63, 3.8) is 0 Å². The minimum absolute atomic E-state index is 0.164. The number of furan rings is 1. The van der Waals surface area contributed by atoms with E-state index in [-0.39, 0.29) is 12.6 Å². The molecule has 25 heavy (non-hydrogen) atoms. The van der Waals surface area contributed by atoms with E-state index < -0.39 is 5.97 Å². The van der Waals surface area contributed by atoms with Gasteiger partial charge in [0.1, 0.15) is 18.1 Å². The Kier molecular flexibility index (Phi) is 4.95. The highest BCUT2D eigenvalue weighted by Gasteiger charge is 2.10. The lowest BCUT2D eigenvalue weighted by Gasteiger charge is -2.03. The van der Waals surface area contributed by atoms with Crippen LogP contribution in [0.1, 0.15) is 16.1 Å². The van der Waals surface area contributed by atoms with Crippen LogP contribution in [-0.2, 0) is 4.74 Å². The molecular weight excluding hydrogens is 324 g/mol. The predicted molar refractivity (Wildman–Crippen MR) is 90.0 cm³/mol. The first-order chi connectivity index (χ1) is 12.3. The second-order valence-electron chi connectivity index (χ2n) is 4.78. The number of hydrogen-bond donors (Lipinski definition) is 2. The predicted octanol–water partition coefficient (Wildman–Crippen LogP) is 2.25. The molecule has 0 aliphatic heterocycles. The molecule has 0 radical (unpaired) electrons. The van der Waals surface area contributed by atoms with E-state index in [1.54, 1.807) is 30.3 Å². The number of carbonyl (C=O) groups excluding carboxylic acids is 1. The Labute approximate surface area is 142 Å². The van der Waals surface area contributed by atoms with Gasteiger partial charge in [0.05, 0.1) is 11.8 Å². The van der Waals surface area contributed by atoms with Gasteiger partial charge in [0.25, 0.3) is 5.95 Å². The number of anilines is 1. The molecule has 0 saturated carbocycles. The lowest BCUT2D eigenvalue weighted by Crippen LogP contribution is -2.04. The fourth-order valence-electron chi connectivity index (χ4n) is 1.96. The summed E-state index contributed by atoms with van der Waals surface area (Å²) in [7, 11) is 0. The van der Waals surface area contributed by atoms with Crippen molar-refractivity contribution < 1.29 is 13.9 Å². The number of benzene rings is 1. The molecule has 2 heterocycles. The van der Waals surface area contributed by atoms with Crippen LogP contribution in [0.15, 0.2) is 58.6 Å². The molecule has 2 aromatic heterocycles. The largest absolute Gasteiger partial charge is 0.458 e. The van der Waals surface area contributed by atoms with Crippen molar-refractivity contribution in [1.29, 1.82) is 0 Å². The number of tetrazole rings is 1. The summed E-state index contributed by atoms with van der Waals surface area (Å²) in [5, 5.41) is 17.0. The van der Waals surface area contributed by atoms with Crippen LogP contribution >= 0.6 is 0 Å². The zero-order chi connectivity index (χ0) is 17.5. The Hall–Kier alpha value is -3.75. The van der Waals surface area contributed by atoms with Crippen molar-refractivity contribution in [3.05, 3.63) is 60.4 Å². The molecule has 0 atom stereocenters. The van der Waals surface area contributed by atoms with Crippen molar-refractivity contribution in [2.45, 2.75) is 0 Å². The summed E-state index contributed by atoms with van der Waals surface area (Å²) < 4.78 is 10.7. The number of ether oxygens (including phenoxy) is 1. The number of nitrogens with zero attached hydrogens (tertiary/aromatic N) is 4. The van der Waals surface area contributed by atoms with Crippen LogP contribution in [0.2, 0.25) is 0 Å². The summed E-state index contributed by atoms with van der Waals surface area (Å²) in [6.07, 6.45) is 2.99. The van der Waals surface area contributed by atoms with Gasteiger partial charge in [-0.1, -0.05) is 29.9 Å². The minimum Gasteiger partial charge on any atom is -0.458 e. The van der Waals surface area contributed by atoms with Crippen LogP contribution in [0.25, 0.3) is 11.3 Å². The van der Waals surface area contributed by atoms with Gasteiger partial charge < -0.3 is 9.15 Å². The van der Waals surface area contributed by atoms with Crippen LogP contribution in [0.5, 0.6) is 0 Å². The van der Waals surface area contributed by atoms with Gasteiger partial charge >= 0.3 is 5.97 Å². The van der Waals surface area contributed by atoms with Crippen molar-refractivity contribution in [1.82, 2.24) is 20.6 Å². The highest BCUT2D eigenvalue weighted by atomic mass is 16.5. The van der Waals surface area contributed by atoms with Crippen molar-refractivity contribution >= 4 is 18.1 Å². The SMILES string of the molecule is C=CCOC(=O)c1cccc(-c2ccc(/C=N/Nc3nn[nH]n3)o2)c1. The molecule has 9 nitrogen and oxygen atoms in total. The number of hydrogen-bond acceptors (Lipinski definition) is 8. The maximum atomic E-state index is 11.9. The number of rotatable bonds is 7. The second kappa shape index (κ2) is 7.68. The Bertz CT molecular complexity index is 885. The lowest BCUT2D eigenvalue weighted by molar-refractivity contribution is 0.0550. The Morgan fingerprint density at radius 3 is 3.12 bits per heavy atom. The first-order valence-electron chi connectivity index (χ1n) is 7.27. The average molecular weight is 338 g/mol. The third-order valence-electron chi connectivity index (χ3n) is 3.04. The molecule has 0 bridgehead atoms. The molecule has 0 unspecified atom stereocenters. The van der Waals surface area contributed by atoms with Gasteiger partial charge in [0.2, 0.25) is 0 Å². The number of aromatic amines is 1. The topological polar surface area (TPSA) is 118 Å². The Morgan fingerprint density at radius 1 is 1.40 bits per heavy atom. The Morgan fingerprint density at radius 2 is 2.32 bits per heavy atom. The van der Waals surface area contributed by atoms with Crippen molar-refractivity contribution in [2.75, 3.05) is 12.0 Å². The zero-order valence-electron chi connectivity index (χ0n) is 13.0. The summed E-state index contributed by atoms with van der Waals surface area (Å²) in [4.78, 5) is 11.9. The van der Waals surface area contributed by atoms with E-state index in [0.717, 1.165) is 5.56 Å². The van der Waals surface area contributed by atoms with Crippen LogP contribution in [0.4, 0.5) is 5.95 Å². The second-order valence-corrected chi connectivity index (χ2v) is 4.78. The van der Waals surface area contributed by atoms with E-state index in [9.17, 15) is 4.79 Å². The monoisotopic (exact) mass is 338 g/mol. The summed E-state index contributed by atoms with van der Waals surface area (Å²) in [6.45, 7) is 3.68. The molecule has 0 aliphatic carbocycles. The van der Waals surface area contributed by atoms with Crippen LogP contribution < -0.4 is 5.43 Å². The summed E-state index contributed by atoms with van der Waals surface area (Å²) in [5.41, 5.74) is 3.77. The highest BCUT2D eigenvalue weighted by molar-refractivity contribution is 5.91. The number of hydrazone groups is 1. The number of nitrogens with one attached hydrogen (secondary N) is 2. The smallest absolute Gasteiger partial charge is 0.338 e. The van der Waals surface area contributed by atoms with Gasteiger partial charge in [-0.05, 0) is 29.5 Å². The minimum atomic E-state index is -0.417. The van der Waals surface area contributed by atoms with E-state index in [1.807, 2.05) is 6.07 Å². The molecule has 126 valence electrons. The molecule has 0 saturated heterocycles. The molecule has 0 spiro atoms. The molecule has 0 fully saturated rings. The number of H-pyrrole nitrogens is 1. The van der Waals surface area contributed by atoms with Gasteiger partial charge in [0, 0.05) is 5.56 Å². The summed E-state index contributed by atoms with van der Waals surface area (Å²) in [6, 6.07) is 10.5. The maximum absolute atomic E-state index is 11.9. The van der Waals surface area contributed by atoms with Gasteiger partial charge in [-0.2, -0.15) is 10.3 Å². The fraction of sp³-hybridized carbons (Fsp3) is 0.0625. The van der Waals surface area contributed by atoms with Crippen LogP contribution in [-0.4, -0.2) is 39.4 Å². The molecule has 2 N–H and O–H groups in total. The van der Waals surface area contributed by atoms with E-state index in [1.165, 1.54) is 12.3 Å². The first kappa shape index (κ1) is 16.1. The third kappa shape index (κ3) is 4.16. The molecule has 3 rings (SSSR count). The maximum Gasteiger partial charge on any atom is 0.338 e. The lowest BCUT2D eigenvalue weighted by atomic mass is 10.1. The van der Waals surface area contributed by atoms with Gasteiger partial charge in [0.15, 0.2) is 0 Å². The van der Waals surface area contributed by atoms with Gasteiger partial charge in [-0.15, -0.1) is 5.10 Å². The van der Waals surface area contributed by atoms with E-state index in [4.69, 9.17) is 9.15 Å². The van der Waals surface area contributed by atoms with E-state index in [2.05, 4.69) is 37.7 Å². The number of aromatic nitrogens is 4. The van der Waals surface area contributed by atoms with Crippen LogP contribution in [0.3, 0.4) is 0 Å². The van der Waals surface area contributed by atoms with Crippen LogP contribution in [0, 0.1) is 0 Å².